The molecule has 0 heterocycles. The Morgan fingerprint density at radius 1 is 0.786 bits per heavy atom. The number of para-hydroxylation sites is 1. The lowest BCUT2D eigenvalue weighted by molar-refractivity contribution is -0.114. The molecule has 42 heavy (non-hydrogen) atoms. The van der Waals surface area contributed by atoms with Crippen molar-refractivity contribution in [1.29, 1.82) is 0 Å². The highest BCUT2D eigenvalue weighted by Crippen LogP contribution is 2.24. The normalized spacial score (nSPS) is 11.0. The van der Waals surface area contributed by atoms with Crippen molar-refractivity contribution in [3.8, 4) is 5.75 Å². The molecule has 8 heteroatoms. The van der Waals surface area contributed by atoms with E-state index in [4.69, 9.17) is 4.74 Å². The molecule has 4 aromatic carbocycles. The highest BCUT2D eigenvalue weighted by atomic mass is 32.2. The Kier molecular flexibility index (Phi) is 10.6. The predicted molar refractivity (Wildman–Crippen MR) is 170 cm³/mol. The summed E-state index contributed by atoms with van der Waals surface area (Å²) >= 11 is 1.36. The van der Waals surface area contributed by atoms with Gasteiger partial charge in [0.2, 0.25) is 5.91 Å². The van der Waals surface area contributed by atoms with Crippen molar-refractivity contribution in [3.63, 3.8) is 0 Å². The summed E-state index contributed by atoms with van der Waals surface area (Å²) in [5.74, 6) is -0.236. The molecule has 3 N–H and O–H groups in total. The molecule has 0 aliphatic rings. The average molecular weight is 580 g/mol. The molecule has 0 spiro atoms. The highest BCUT2D eigenvalue weighted by Gasteiger charge is 2.16. The molecule has 7 nitrogen and oxygen atoms in total. The first-order valence-electron chi connectivity index (χ1n) is 13.5. The van der Waals surface area contributed by atoms with E-state index < -0.39 is 11.8 Å². The standard InChI is InChI=1S/C34H33N3O4S/c1-4-41-31-16-9-8-13-26(31)20-30(37-33(39)25-11-6-5-7-12-25)34(40)36-27-14-10-15-29(21-27)42-22-32(38)35-28-18-23(2)17-24(3)19-28/h5-21H,4,22H2,1-3H3,(H,35,38)(H,36,40)(H,37,39)/b30-20+. The maximum atomic E-state index is 13.5. The largest absolute Gasteiger partial charge is 0.493 e. The molecule has 0 unspecified atom stereocenters. The molecule has 214 valence electrons. The van der Waals surface area contributed by atoms with Crippen molar-refractivity contribution in [3.05, 3.63) is 125 Å². The Balaban J connectivity index is 1.48. The zero-order valence-electron chi connectivity index (χ0n) is 23.8. The Bertz CT molecular complexity index is 1580. The van der Waals surface area contributed by atoms with Crippen LogP contribution in [0.5, 0.6) is 5.75 Å². The molecule has 0 saturated heterocycles. The van der Waals surface area contributed by atoms with E-state index in [9.17, 15) is 14.4 Å². The molecule has 0 aliphatic carbocycles. The second kappa shape index (κ2) is 14.7. The Labute approximate surface area is 250 Å². The fraction of sp³-hybridized carbons (Fsp3) is 0.147. The smallest absolute Gasteiger partial charge is 0.272 e. The van der Waals surface area contributed by atoms with Gasteiger partial charge >= 0.3 is 0 Å². The first kappa shape index (κ1) is 30.1. The maximum absolute atomic E-state index is 13.5. The van der Waals surface area contributed by atoms with Gasteiger partial charge in [-0.1, -0.05) is 48.5 Å². The Morgan fingerprint density at radius 2 is 1.50 bits per heavy atom. The van der Waals surface area contributed by atoms with E-state index in [2.05, 4.69) is 22.0 Å². The van der Waals surface area contributed by atoms with Crippen LogP contribution in [0.4, 0.5) is 11.4 Å². The quantitative estimate of drug-likeness (QED) is 0.134. The zero-order chi connectivity index (χ0) is 29.9. The van der Waals surface area contributed by atoms with Crippen LogP contribution in [0.2, 0.25) is 0 Å². The summed E-state index contributed by atoms with van der Waals surface area (Å²) < 4.78 is 5.71. The van der Waals surface area contributed by atoms with E-state index in [1.807, 2.05) is 63.2 Å². The Morgan fingerprint density at radius 3 is 2.24 bits per heavy atom. The number of rotatable bonds is 11. The SMILES string of the molecule is CCOc1ccccc1/C=C(/NC(=O)c1ccccc1)C(=O)Nc1cccc(SCC(=O)Nc2cc(C)cc(C)c2)c1. The zero-order valence-corrected chi connectivity index (χ0v) is 24.6. The van der Waals surface area contributed by atoms with Gasteiger partial charge in [0.15, 0.2) is 0 Å². The monoisotopic (exact) mass is 579 g/mol. The molecule has 4 rings (SSSR count). The van der Waals surface area contributed by atoms with Crippen molar-refractivity contribution in [1.82, 2.24) is 5.32 Å². The summed E-state index contributed by atoms with van der Waals surface area (Å²) in [5.41, 5.74) is 4.58. The number of benzene rings is 4. The lowest BCUT2D eigenvalue weighted by atomic mass is 10.1. The van der Waals surface area contributed by atoms with Crippen LogP contribution in [0.25, 0.3) is 6.08 Å². The lowest BCUT2D eigenvalue weighted by Crippen LogP contribution is -2.30. The van der Waals surface area contributed by atoms with E-state index >= 15 is 0 Å². The third kappa shape index (κ3) is 8.84. The number of ether oxygens (including phenoxy) is 1. The highest BCUT2D eigenvalue weighted by molar-refractivity contribution is 8.00. The van der Waals surface area contributed by atoms with Crippen LogP contribution < -0.4 is 20.7 Å². The number of carbonyl (C=O) groups excluding carboxylic acids is 3. The topological polar surface area (TPSA) is 96.5 Å². The van der Waals surface area contributed by atoms with Gasteiger partial charge in [0, 0.05) is 27.4 Å². The van der Waals surface area contributed by atoms with Crippen LogP contribution in [0.1, 0.15) is 34.0 Å². The molecule has 3 amide bonds. The van der Waals surface area contributed by atoms with E-state index in [1.165, 1.54) is 11.8 Å². The molecule has 0 atom stereocenters. The lowest BCUT2D eigenvalue weighted by Gasteiger charge is -2.13. The molecular weight excluding hydrogens is 546 g/mol. The van der Waals surface area contributed by atoms with Crippen molar-refractivity contribution in [2.24, 2.45) is 0 Å². The summed E-state index contributed by atoms with van der Waals surface area (Å²) in [7, 11) is 0. The molecule has 0 aliphatic heterocycles. The van der Waals surface area contributed by atoms with Gasteiger partial charge in [0.05, 0.1) is 12.4 Å². The van der Waals surface area contributed by atoms with Gasteiger partial charge < -0.3 is 20.7 Å². The maximum Gasteiger partial charge on any atom is 0.272 e. The summed E-state index contributed by atoms with van der Waals surface area (Å²) in [6, 6.07) is 29.1. The van der Waals surface area contributed by atoms with E-state index in [0.29, 0.717) is 29.2 Å². The van der Waals surface area contributed by atoms with Gasteiger partial charge in [-0.05, 0) is 86.5 Å². The fourth-order valence-corrected chi connectivity index (χ4v) is 4.99. The number of thioether (sulfide) groups is 1. The van der Waals surface area contributed by atoms with Crippen LogP contribution in [0.3, 0.4) is 0 Å². The average Bonchev–Trinajstić information content (AvgIpc) is 2.97. The second-order valence-corrected chi connectivity index (χ2v) is 10.6. The first-order chi connectivity index (χ1) is 20.3. The van der Waals surface area contributed by atoms with Crippen molar-refractivity contribution >= 4 is 46.9 Å². The number of hydrogen-bond donors (Lipinski definition) is 3. The third-order valence-corrected chi connectivity index (χ3v) is 7.01. The van der Waals surface area contributed by atoms with E-state index in [1.54, 1.807) is 54.6 Å². The molecule has 0 aromatic heterocycles. The molecule has 0 bridgehead atoms. The van der Waals surface area contributed by atoms with Crippen LogP contribution in [-0.2, 0) is 9.59 Å². The summed E-state index contributed by atoms with van der Waals surface area (Å²) in [4.78, 5) is 39.8. The van der Waals surface area contributed by atoms with Gasteiger partial charge in [0.1, 0.15) is 11.4 Å². The summed E-state index contributed by atoms with van der Waals surface area (Å²) in [6.45, 7) is 6.31. The van der Waals surface area contributed by atoms with E-state index in [-0.39, 0.29) is 17.4 Å². The number of anilines is 2. The van der Waals surface area contributed by atoms with Crippen LogP contribution in [0, 0.1) is 13.8 Å². The number of nitrogens with one attached hydrogen (secondary N) is 3. The molecule has 0 fully saturated rings. The van der Waals surface area contributed by atoms with Gasteiger partial charge in [-0.15, -0.1) is 11.8 Å². The molecular formula is C34H33N3O4S. The summed E-state index contributed by atoms with van der Waals surface area (Å²) in [6.07, 6.45) is 1.59. The van der Waals surface area contributed by atoms with Crippen molar-refractivity contribution < 1.29 is 19.1 Å². The number of hydrogen-bond acceptors (Lipinski definition) is 5. The number of aryl methyl sites for hydroxylation is 2. The Hall–Kier alpha value is -4.82. The van der Waals surface area contributed by atoms with Gasteiger partial charge in [-0.3, -0.25) is 14.4 Å². The summed E-state index contributed by atoms with van der Waals surface area (Å²) in [5, 5.41) is 8.56. The second-order valence-electron chi connectivity index (χ2n) is 9.54. The molecule has 4 aromatic rings. The third-order valence-electron chi connectivity index (χ3n) is 6.01. The molecule has 0 radical (unpaired) electrons. The minimum Gasteiger partial charge on any atom is -0.493 e. The van der Waals surface area contributed by atoms with Gasteiger partial charge in [-0.25, -0.2) is 0 Å². The van der Waals surface area contributed by atoms with E-state index in [0.717, 1.165) is 21.7 Å². The van der Waals surface area contributed by atoms with Crippen molar-refractivity contribution in [2.75, 3.05) is 23.0 Å². The van der Waals surface area contributed by atoms with Crippen LogP contribution in [-0.4, -0.2) is 30.1 Å². The van der Waals surface area contributed by atoms with Crippen LogP contribution >= 0.6 is 11.8 Å². The van der Waals surface area contributed by atoms with Gasteiger partial charge in [0.25, 0.3) is 11.8 Å². The van der Waals surface area contributed by atoms with Crippen LogP contribution in [0.15, 0.2) is 108 Å². The number of amides is 3. The first-order valence-corrected chi connectivity index (χ1v) is 14.5. The number of carbonyl (C=O) groups is 3. The van der Waals surface area contributed by atoms with Gasteiger partial charge in [-0.2, -0.15) is 0 Å². The predicted octanol–water partition coefficient (Wildman–Crippen LogP) is 6.84. The minimum absolute atomic E-state index is 0.0573. The van der Waals surface area contributed by atoms with Crippen molar-refractivity contribution in [2.45, 2.75) is 25.7 Å². The molecule has 0 saturated carbocycles. The fourth-order valence-electron chi connectivity index (χ4n) is 4.24. The minimum atomic E-state index is -0.500.